The molecule has 0 aliphatic carbocycles. The summed E-state index contributed by atoms with van der Waals surface area (Å²) in [5.74, 6) is 1.36. The van der Waals surface area contributed by atoms with E-state index in [-0.39, 0.29) is 0 Å². The smallest absolute Gasteiger partial charge is 0.147 e. The van der Waals surface area contributed by atoms with Crippen molar-refractivity contribution in [1.82, 2.24) is 0 Å². The minimum absolute atomic E-state index is 0.432. The molecule has 18 heavy (non-hydrogen) atoms. The van der Waals surface area contributed by atoms with E-state index in [0.29, 0.717) is 17.3 Å². The predicted octanol–water partition coefficient (Wildman–Crippen LogP) is 4.66. The van der Waals surface area contributed by atoms with Crippen LogP contribution in [-0.2, 0) is 6.54 Å². The van der Waals surface area contributed by atoms with Crippen LogP contribution in [-0.4, -0.2) is 0 Å². The molecule has 94 valence electrons. The van der Waals surface area contributed by atoms with Crippen LogP contribution in [0, 0.1) is 6.92 Å². The van der Waals surface area contributed by atoms with Gasteiger partial charge in [0, 0.05) is 16.6 Å². The summed E-state index contributed by atoms with van der Waals surface area (Å²) >= 11 is 9.50. The Morgan fingerprint density at radius 3 is 2.67 bits per heavy atom. The van der Waals surface area contributed by atoms with Gasteiger partial charge in [0.1, 0.15) is 11.5 Å². The summed E-state index contributed by atoms with van der Waals surface area (Å²) in [6.07, 6.45) is 0. The van der Waals surface area contributed by atoms with Crippen molar-refractivity contribution in [2.75, 3.05) is 0 Å². The molecule has 2 nitrogen and oxygen atoms in total. The van der Waals surface area contributed by atoms with Gasteiger partial charge in [-0.05, 0) is 36.8 Å². The van der Waals surface area contributed by atoms with E-state index in [1.165, 1.54) is 0 Å². The molecule has 2 aromatic carbocycles. The second-order valence-electron chi connectivity index (χ2n) is 3.99. The zero-order valence-corrected chi connectivity index (χ0v) is 12.3. The van der Waals surface area contributed by atoms with Crippen LogP contribution in [0.2, 0.25) is 5.02 Å². The van der Waals surface area contributed by atoms with Gasteiger partial charge in [0.25, 0.3) is 0 Å². The maximum absolute atomic E-state index is 6.10. The molecule has 0 aliphatic heterocycles. The van der Waals surface area contributed by atoms with Gasteiger partial charge in [-0.3, -0.25) is 0 Å². The Labute approximate surface area is 120 Å². The minimum Gasteiger partial charge on any atom is -0.455 e. The van der Waals surface area contributed by atoms with E-state index in [0.717, 1.165) is 21.3 Å². The first-order valence-corrected chi connectivity index (χ1v) is 6.70. The highest BCUT2D eigenvalue weighted by molar-refractivity contribution is 9.10. The normalized spacial score (nSPS) is 10.4. The zero-order valence-electron chi connectivity index (χ0n) is 9.91. The minimum atomic E-state index is 0.432. The second kappa shape index (κ2) is 5.74. The fraction of sp³-hybridized carbons (Fsp3) is 0.143. The van der Waals surface area contributed by atoms with E-state index in [1.54, 1.807) is 6.07 Å². The van der Waals surface area contributed by atoms with Gasteiger partial charge in [0.2, 0.25) is 0 Å². The van der Waals surface area contributed by atoms with E-state index >= 15 is 0 Å². The van der Waals surface area contributed by atoms with Crippen molar-refractivity contribution in [2.24, 2.45) is 5.73 Å². The third-order valence-corrected chi connectivity index (χ3v) is 3.36. The molecule has 0 bridgehead atoms. The fourth-order valence-corrected chi connectivity index (χ4v) is 2.10. The first-order valence-electron chi connectivity index (χ1n) is 5.52. The lowest BCUT2D eigenvalue weighted by Crippen LogP contribution is -2.00. The standard InChI is InChI=1S/C14H13BrClNO/c1-9-2-3-10(8-17)13(6-9)18-14-7-11(15)4-5-12(14)16/h2-7H,8,17H2,1H3. The van der Waals surface area contributed by atoms with Crippen LogP contribution in [0.3, 0.4) is 0 Å². The molecule has 0 radical (unpaired) electrons. The van der Waals surface area contributed by atoms with Gasteiger partial charge in [-0.25, -0.2) is 0 Å². The zero-order chi connectivity index (χ0) is 13.1. The predicted molar refractivity (Wildman–Crippen MR) is 78.3 cm³/mol. The molecule has 0 unspecified atom stereocenters. The quantitative estimate of drug-likeness (QED) is 0.890. The Bertz CT molecular complexity index is 572. The molecular formula is C14H13BrClNO. The largest absolute Gasteiger partial charge is 0.455 e. The van der Waals surface area contributed by atoms with Crippen LogP contribution in [0.5, 0.6) is 11.5 Å². The Hall–Kier alpha value is -1.03. The van der Waals surface area contributed by atoms with Crippen molar-refractivity contribution >= 4 is 27.5 Å². The third kappa shape index (κ3) is 3.05. The topological polar surface area (TPSA) is 35.2 Å². The molecule has 0 fully saturated rings. The highest BCUT2D eigenvalue weighted by Crippen LogP contribution is 2.33. The Morgan fingerprint density at radius 1 is 1.17 bits per heavy atom. The number of hydrogen-bond acceptors (Lipinski definition) is 2. The maximum Gasteiger partial charge on any atom is 0.147 e. The first kappa shape index (κ1) is 13.4. The van der Waals surface area contributed by atoms with Gasteiger partial charge in [-0.15, -0.1) is 0 Å². The Morgan fingerprint density at radius 2 is 1.94 bits per heavy atom. The summed E-state index contributed by atoms with van der Waals surface area (Å²) < 4.78 is 6.77. The summed E-state index contributed by atoms with van der Waals surface area (Å²) in [6, 6.07) is 11.4. The van der Waals surface area contributed by atoms with E-state index in [4.69, 9.17) is 22.1 Å². The number of aryl methyl sites for hydroxylation is 1. The van der Waals surface area contributed by atoms with Crippen molar-refractivity contribution in [3.63, 3.8) is 0 Å². The molecule has 0 heterocycles. The lowest BCUT2D eigenvalue weighted by Gasteiger charge is -2.12. The van der Waals surface area contributed by atoms with E-state index in [9.17, 15) is 0 Å². The molecule has 0 saturated carbocycles. The highest BCUT2D eigenvalue weighted by atomic mass is 79.9. The van der Waals surface area contributed by atoms with Crippen LogP contribution in [0.15, 0.2) is 40.9 Å². The second-order valence-corrected chi connectivity index (χ2v) is 5.31. The lowest BCUT2D eigenvalue weighted by molar-refractivity contribution is 0.476. The summed E-state index contributed by atoms with van der Waals surface area (Å²) in [6.45, 7) is 2.44. The van der Waals surface area contributed by atoms with Gasteiger partial charge in [0.05, 0.1) is 5.02 Å². The van der Waals surface area contributed by atoms with Gasteiger partial charge >= 0.3 is 0 Å². The van der Waals surface area contributed by atoms with E-state index in [1.807, 2.05) is 37.3 Å². The van der Waals surface area contributed by atoms with Crippen LogP contribution >= 0.6 is 27.5 Å². The molecule has 2 rings (SSSR count). The summed E-state index contributed by atoms with van der Waals surface area (Å²) in [5, 5.41) is 0.572. The summed E-state index contributed by atoms with van der Waals surface area (Å²) in [4.78, 5) is 0. The number of nitrogens with two attached hydrogens (primary N) is 1. The average molecular weight is 327 g/mol. The van der Waals surface area contributed by atoms with Crippen LogP contribution < -0.4 is 10.5 Å². The summed E-state index contributed by atoms with van der Waals surface area (Å²) in [5.41, 5.74) is 7.77. The van der Waals surface area contributed by atoms with Crippen LogP contribution in [0.25, 0.3) is 0 Å². The van der Waals surface area contributed by atoms with Crippen molar-refractivity contribution in [2.45, 2.75) is 13.5 Å². The highest BCUT2D eigenvalue weighted by Gasteiger charge is 2.08. The SMILES string of the molecule is Cc1ccc(CN)c(Oc2cc(Br)ccc2Cl)c1. The summed E-state index contributed by atoms with van der Waals surface area (Å²) in [7, 11) is 0. The van der Waals surface area contributed by atoms with Crippen molar-refractivity contribution in [1.29, 1.82) is 0 Å². The van der Waals surface area contributed by atoms with Gasteiger partial charge in [-0.1, -0.05) is 39.7 Å². The fourth-order valence-electron chi connectivity index (χ4n) is 1.60. The van der Waals surface area contributed by atoms with Crippen molar-refractivity contribution in [3.05, 3.63) is 57.0 Å². The Balaban J connectivity index is 2.38. The number of hydrogen-bond donors (Lipinski definition) is 1. The first-order chi connectivity index (χ1) is 8.60. The average Bonchev–Trinajstić information content (AvgIpc) is 2.34. The van der Waals surface area contributed by atoms with Crippen LogP contribution in [0.1, 0.15) is 11.1 Å². The number of benzene rings is 2. The number of ether oxygens (including phenoxy) is 1. The van der Waals surface area contributed by atoms with Crippen molar-refractivity contribution in [3.8, 4) is 11.5 Å². The van der Waals surface area contributed by atoms with Gasteiger partial charge in [-0.2, -0.15) is 0 Å². The lowest BCUT2D eigenvalue weighted by atomic mass is 10.1. The number of halogens is 2. The van der Waals surface area contributed by atoms with E-state index < -0.39 is 0 Å². The monoisotopic (exact) mass is 325 g/mol. The molecule has 4 heteroatoms. The van der Waals surface area contributed by atoms with Crippen LogP contribution in [0.4, 0.5) is 0 Å². The third-order valence-electron chi connectivity index (χ3n) is 2.56. The molecular weight excluding hydrogens is 314 g/mol. The van der Waals surface area contributed by atoms with Crippen molar-refractivity contribution < 1.29 is 4.74 Å². The molecule has 0 spiro atoms. The number of rotatable bonds is 3. The Kier molecular flexibility index (Phi) is 4.27. The molecule has 2 aromatic rings. The van der Waals surface area contributed by atoms with Gasteiger partial charge < -0.3 is 10.5 Å². The van der Waals surface area contributed by atoms with E-state index in [2.05, 4.69) is 15.9 Å². The molecule has 0 aliphatic rings. The molecule has 0 aromatic heterocycles. The molecule has 0 saturated heterocycles. The maximum atomic E-state index is 6.10. The van der Waals surface area contributed by atoms with Gasteiger partial charge in [0.15, 0.2) is 0 Å². The molecule has 0 amide bonds. The molecule has 0 atom stereocenters. The molecule has 2 N–H and O–H groups in total.